The van der Waals surface area contributed by atoms with Gasteiger partial charge in [0.1, 0.15) is 11.5 Å². The first-order chi connectivity index (χ1) is 7.65. The summed E-state index contributed by atoms with van der Waals surface area (Å²) < 4.78 is 4.79. The number of carbonyl (C=O) groups excluding carboxylic acids is 1. The highest BCUT2D eigenvalue weighted by atomic mass is 16.5. The SMILES string of the molecule is Cc1cc(C(=O)Nc2cccc(O)c2)no1. The largest absolute Gasteiger partial charge is 0.508 e. The summed E-state index contributed by atoms with van der Waals surface area (Å²) in [4.78, 5) is 11.6. The standard InChI is InChI=1S/C11H10N2O3/c1-7-5-10(13-16-7)11(15)12-8-3-2-4-9(14)6-8/h2-6,14H,1H3,(H,12,15). The number of rotatable bonds is 2. The molecule has 0 saturated heterocycles. The Morgan fingerprint density at radius 3 is 2.88 bits per heavy atom. The second-order valence-electron chi connectivity index (χ2n) is 3.33. The second-order valence-corrected chi connectivity index (χ2v) is 3.33. The summed E-state index contributed by atoms with van der Waals surface area (Å²) in [5.74, 6) is 0.289. The zero-order valence-corrected chi connectivity index (χ0v) is 8.60. The number of hydrogen-bond donors (Lipinski definition) is 2. The van der Waals surface area contributed by atoms with Gasteiger partial charge in [-0.2, -0.15) is 0 Å². The van der Waals surface area contributed by atoms with Crippen molar-refractivity contribution in [2.24, 2.45) is 0 Å². The van der Waals surface area contributed by atoms with Crippen LogP contribution in [-0.4, -0.2) is 16.2 Å². The van der Waals surface area contributed by atoms with Gasteiger partial charge in [-0.1, -0.05) is 11.2 Å². The number of nitrogens with one attached hydrogen (secondary N) is 1. The molecule has 0 saturated carbocycles. The van der Waals surface area contributed by atoms with Gasteiger partial charge in [0, 0.05) is 17.8 Å². The van der Waals surface area contributed by atoms with Gasteiger partial charge in [-0.25, -0.2) is 0 Å². The van der Waals surface area contributed by atoms with Gasteiger partial charge < -0.3 is 14.9 Å². The first-order valence-corrected chi connectivity index (χ1v) is 4.69. The van der Waals surface area contributed by atoms with Crippen LogP contribution >= 0.6 is 0 Å². The summed E-state index contributed by atoms with van der Waals surface area (Å²) in [6.45, 7) is 1.71. The fraction of sp³-hybridized carbons (Fsp3) is 0.0909. The van der Waals surface area contributed by atoms with E-state index in [1.54, 1.807) is 19.1 Å². The molecule has 0 bridgehead atoms. The normalized spacial score (nSPS) is 10.1. The number of anilines is 1. The molecule has 82 valence electrons. The fourth-order valence-corrected chi connectivity index (χ4v) is 1.25. The third-order valence-corrected chi connectivity index (χ3v) is 1.96. The van der Waals surface area contributed by atoms with Crippen LogP contribution in [0.2, 0.25) is 0 Å². The molecule has 1 aromatic carbocycles. The Bertz CT molecular complexity index is 519. The van der Waals surface area contributed by atoms with Crippen molar-refractivity contribution in [3.05, 3.63) is 41.8 Å². The number of amides is 1. The van der Waals surface area contributed by atoms with Crippen molar-refractivity contribution in [3.63, 3.8) is 0 Å². The van der Waals surface area contributed by atoms with Crippen LogP contribution in [0.1, 0.15) is 16.2 Å². The number of benzene rings is 1. The Morgan fingerprint density at radius 1 is 1.44 bits per heavy atom. The third kappa shape index (κ3) is 2.20. The van der Waals surface area contributed by atoms with Gasteiger partial charge in [0.25, 0.3) is 5.91 Å². The molecular formula is C11H10N2O3. The molecule has 2 N–H and O–H groups in total. The van der Waals surface area contributed by atoms with Gasteiger partial charge in [0.2, 0.25) is 0 Å². The molecule has 0 atom stereocenters. The maximum atomic E-state index is 11.6. The van der Waals surface area contributed by atoms with Crippen LogP contribution in [-0.2, 0) is 0 Å². The van der Waals surface area contributed by atoms with E-state index in [1.807, 2.05) is 0 Å². The highest BCUT2D eigenvalue weighted by Crippen LogP contribution is 2.16. The predicted octanol–water partition coefficient (Wildman–Crippen LogP) is 1.94. The topological polar surface area (TPSA) is 75.4 Å². The van der Waals surface area contributed by atoms with Gasteiger partial charge in [-0.05, 0) is 19.1 Å². The predicted molar refractivity (Wildman–Crippen MR) is 57.3 cm³/mol. The minimum atomic E-state index is -0.373. The Labute approximate surface area is 91.7 Å². The Morgan fingerprint density at radius 2 is 2.25 bits per heavy atom. The summed E-state index contributed by atoms with van der Waals surface area (Å²) in [5, 5.41) is 15.4. The van der Waals surface area contributed by atoms with E-state index in [0.29, 0.717) is 11.4 Å². The van der Waals surface area contributed by atoms with E-state index >= 15 is 0 Å². The number of phenolic OH excluding ortho intramolecular Hbond substituents is 1. The van der Waals surface area contributed by atoms with Gasteiger partial charge in [-0.3, -0.25) is 4.79 Å². The molecule has 5 heteroatoms. The molecule has 1 aromatic heterocycles. The van der Waals surface area contributed by atoms with E-state index < -0.39 is 0 Å². The molecule has 0 aliphatic rings. The van der Waals surface area contributed by atoms with E-state index in [1.165, 1.54) is 18.2 Å². The summed E-state index contributed by atoms with van der Waals surface area (Å²) in [5.41, 5.74) is 0.714. The number of aryl methyl sites for hydroxylation is 1. The summed E-state index contributed by atoms with van der Waals surface area (Å²) in [6, 6.07) is 7.82. The van der Waals surface area contributed by atoms with Crippen molar-refractivity contribution < 1.29 is 14.4 Å². The number of aromatic nitrogens is 1. The average molecular weight is 218 g/mol. The lowest BCUT2D eigenvalue weighted by Crippen LogP contribution is -2.11. The molecule has 1 amide bonds. The quantitative estimate of drug-likeness (QED) is 0.807. The van der Waals surface area contributed by atoms with Crippen LogP contribution in [0.25, 0.3) is 0 Å². The van der Waals surface area contributed by atoms with Crippen molar-refractivity contribution in [2.45, 2.75) is 6.92 Å². The molecule has 0 unspecified atom stereocenters. The summed E-state index contributed by atoms with van der Waals surface area (Å²) >= 11 is 0. The fourth-order valence-electron chi connectivity index (χ4n) is 1.25. The second kappa shape index (κ2) is 4.06. The lowest BCUT2D eigenvalue weighted by molar-refractivity contribution is 0.101. The molecule has 2 rings (SSSR count). The van der Waals surface area contributed by atoms with Crippen LogP contribution < -0.4 is 5.32 Å². The van der Waals surface area contributed by atoms with Crippen LogP contribution in [0.15, 0.2) is 34.9 Å². The first kappa shape index (κ1) is 10.2. The Balaban J connectivity index is 2.13. The Kier molecular flexibility index (Phi) is 2.59. The molecule has 0 fully saturated rings. The molecular weight excluding hydrogens is 208 g/mol. The molecule has 16 heavy (non-hydrogen) atoms. The van der Waals surface area contributed by atoms with Gasteiger partial charge in [0.15, 0.2) is 5.69 Å². The van der Waals surface area contributed by atoms with E-state index in [4.69, 9.17) is 4.52 Å². The zero-order chi connectivity index (χ0) is 11.5. The molecule has 1 heterocycles. The van der Waals surface area contributed by atoms with E-state index in [-0.39, 0.29) is 17.4 Å². The Hall–Kier alpha value is -2.30. The monoisotopic (exact) mass is 218 g/mol. The minimum Gasteiger partial charge on any atom is -0.508 e. The molecule has 5 nitrogen and oxygen atoms in total. The first-order valence-electron chi connectivity index (χ1n) is 4.69. The smallest absolute Gasteiger partial charge is 0.277 e. The average Bonchev–Trinajstić information content (AvgIpc) is 2.65. The van der Waals surface area contributed by atoms with Gasteiger partial charge in [0.05, 0.1) is 0 Å². The van der Waals surface area contributed by atoms with Crippen molar-refractivity contribution in [3.8, 4) is 5.75 Å². The maximum absolute atomic E-state index is 11.6. The van der Waals surface area contributed by atoms with Crippen LogP contribution in [0.4, 0.5) is 5.69 Å². The van der Waals surface area contributed by atoms with Crippen LogP contribution in [0.5, 0.6) is 5.75 Å². The maximum Gasteiger partial charge on any atom is 0.277 e. The number of hydrogen-bond acceptors (Lipinski definition) is 4. The van der Waals surface area contributed by atoms with Gasteiger partial charge in [-0.15, -0.1) is 0 Å². The number of nitrogens with zero attached hydrogens (tertiary/aromatic N) is 1. The van der Waals surface area contributed by atoms with Gasteiger partial charge >= 0.3 is 0 Å². The van der Waals surface area contributed by atoms with Crippen LogP contribution in [0.3, 0.4) is 0 Å². The van der Waals surface area contributed by atoms with Crippen molar-refractivity contribution >= 4 is 11.6 Å². The van der Waals surface area contributed by atoms with Crippen molar-refractivity contribution in [2.75, 3.05) is 5.32 Å². The number of phenols is 1. The van der Waals surface area contributed by atoms with Crippen LogP contribution in [0, 0.1) is 6.92 Å². The summed E-state index contributed by atoms with van der Waals surface area (Å²) in [7, 11) is 0. The lowest BCUT2D eigenvalue weighted by Gasteiger charge is -2.02. The minimum absolute atomic E-state index is 0.0918. The molecule has 0 spiro atoms. The highest BCUT2D eigenvalue weighted by molar-refractivity contribution is 6.02. The zero-order valence-electron chi connectivity index (χ0n) is 8.60. The number of aromatic hydroxyl groups is 1. The van der Waals surface area contributed by atoms with E-state index in [0.717, 1.165) is 0 Å². The highest BCUT2D eigenvalue weighted by Gasteiger charge is 2.10. The van der Waals surface area contributed by atoms with Crippen molar-refractivity contribution in [1.29, 1.82) is 0 Å². The third-order valence-electron chi connectivity index (χ3n) is 1.96. The van der Waals surface area contributed by atoms with Crippen molar-refractivity contribution in [1.82, 2.24) is 5.16 Å². The lowest BCUT2D eigenvalue weighted by atomic mass is 10.3. The molecule has 0 aliphatic heterocycles. The molecule has 2 aromatic rings. The van der Waals surface area contributed by atoms with E-state index in [9.17, 15) is 9.90 Å². The molecule has 0 radical (unpaired) electrons. The molecule has 0 aliphatic carbocycles. The summed E-state index contributed by atoms with van der Waals surface area (Å²) in [6.07, 6.45) is 0. The van der Waals surface area contributed by atoms with E-state index in [2.05, 4.69) is 10.5 Å². The number of carbonyl (C=O) groups is 1.